The van der Waals surface area contributed by atoms with Crippen LogP contribution in [0.25, 0.3) is 11.0 Å². The van der Waals surface area contributed by atoms with E-state index in [9.17, 15) is 17.6 Å². The topological polar surface area (TPSA) is 104 Å². The summed E-state index contributed by atoms with van der Waals surface area (Å²) in [5.74, 6) is -0.327. The molecular weight excluding hydrogens is 419 g/mol. The van der Waals surface area contributed by atoms with Gasteiger partial charge in [-0.1, -0.05) is 32.4 Å². The molecule has 3 aromatic rings. The summed E-state index contributed by atoms with van der Waals surface area (Å²) in [6.45, 7) is 3.44. The maximum absolute atomic E-state index is 14.0. The SMILES string of the molecule is CC(C)[C@H](NS(=O)(=O)c1ccccc1F)C(=O)Nc1ccc2nc(C3CCC3)[nH]c2c1. The Morgan fingerprint density at radius 2 is 1.94 bits per heavy atom. The Morgan fingerprint density at radius 3 is 2.58 bits per heavy atom. The van der Waals surface area contributed by atoms with Crippen molar-refractivity contribution in [1.82, 2.24) is 14.7 Å². The number of nitrogens with one attached hydrogen (secondary N) is 3. The van der Waals surface area contributed by atoms with Gasteiger partial charge in [0, 0.05) is 11.6 Å². The van der Waals surface area contributed by atoms with Gasteiger partial charge in [-0.3, -0.25) is 4.79 Å². The van der Waals surface area contributed by atoms with Gasteiger partial charge in [-0.2, -0.15) is 4.72 Å². The zero-order valence-electron chi connectivity index (χ0n) is 17.4. The summed E-state index contributed by atoms with van der Waals surface area (Å²) < 4.78 is 41.6. The first kappa shape index (κ1) is 21.5. The van der Waals surface area contributed by atoms with E-state index >= 15 is 0 Å². The molecule has 0 aliphatic heterocycles. The van der Waals surface area contributed by atoms with E-state index in [0.29, 0.717) is 11.6 Å². The minimum atomic E-state index is -4.21. The Hall–Kier alpha value is -2.78. The highest BCUT2D eigenvalue weighted by Crippen LogP contribution is 2.35. The van der Waals surface area contributed by atoms with Crippen molar-refractivity contribution in [2.45, 2.75) is 50.0 Å². The number of nitrogens with zero attached hydrogens (tertiary/aromatic N) is 1. The summed E-state index contributed by atoms with van der Waals surface area (Å²) in [5.41, 5.74) is 2.16. The summed E-state index contributed by atoms with van der Waals surface area (Å²) in [7, 11) is -4.21. The van der Waals surface area contributed by atoms with Crippen LogP contribution in [0.5, 0.6) is 0 Å². The van der Waals surface area contributed by atoms with Gasteiger partial charge in [0.1, 0.15) is 22.6 Å². The van der Waals surface area contributed by atoms with Gasteiger partial charge in [-0.15, -0.1) is 0 Å². The molecule has 1 amide bonds. The quantitative estimate of drug-likeness (QED) is 0.514. The molecule has 1 saturated carbocycles. The number of hydrogen-bond donors (Lipinski definition) is 3. The molecule has 1 heterocycles. The van der Waals surface area contributed by atoms with Crippen molar-refractivity contribution in [3.63, 3.8) is 0 Å². The number of sulfonamides is 1. The van der Waals surface area contributed by atoms with Crippen molar-refractivity contribution in [2.75, 3.05) is 5.32 Å². The molecule has 1 atom stereocenters. The maximum Gasteiger partial charge on any atom is 0.244 e. The third-order valence-electron chi connectivity index (χ3n) is 5.62. The molecule has 0 bridgehead atoms. The van der Waals surface area contributed by atoms with Crippen LogP contribution in [0.2, 0.25) is 0 Å². The van der Waals surface area contributed by atoms with Crippen LogP contribution in [0, 0.1) is 11.7 Å². The number of rotatable bonds is 7. The molecule has 1 aromatic heterocycles. The predicted octanol–water partition coefficient (Wildman–Crippen LogP) is 3.91. The van der Waals surface area contributed by atoms with E-state index in [4.69, 9.17) is 0 Å². The van der Waals surface area contributed by atoms with Crippen LogP contribution in [0.3, 0.4) is 0 Å². The minimum Gasteiger partial charge on any atom is -0.342 e. The standard InChI is InChI=1S/C22H25FN4O3S/c1-13(2)20(27-31(29,30)19-9-4-3-8-16(19)23)22(28)24-15-10-11-17-18(12-15)26-21(25-17)14-6-5-7-14/h3-4,8-14,20,27H,5-7H2,1-2H3,(H,24,28)(H,25,26)/t20-/m0/s1. The third kappa shape index (κ3) is 4.47. The molecule has 9 heteroatoms. The van der Waals surface area contributed by atoms with Gasteiger partial charge >= 0.3 is 0 Å². The first-order valence-electron chi connectivity index (χ1n) is 10.3. The molecule has 0 saturated heterocycles. The van der Waals surface area contributed by atoms with Crippen molar-refractivity contribution in [2.24, 2.45) is 5.92 Å². The maximum atomic E-state index is 14.0. The molecule has 7 nitrogen and oxygen atoms in total. The lowest BCUT2D eigenvalue weighted by molar-refractivity contribution is -0.118. The third-order valence-corrected chi connectivity index (χ3v) is 7.09. The number of hydrogen-bond acceptors (Lipinski definition) is 4. The fourth-order valence-electron chi connectivity index (χ4n) is 3.59. The van der Waals surface area contributed by atoms with E-state index in [0.717, 1.165) is 35.8 Å². The number of carbonyl (C=O) groups excluding carboxylic acids is 1. The van der Waals surface area contributed by atoms with Crippen LogP contribution < -0.4 is 10.0 Å². The van der Waals surface area contributed by atoms with Gasteiger partial charge < -0.3 is 10.3 Å². The van der Waals surface area contributed by atoms with Crippen molar-refractivity contribution in [3.05, 3.63) is 54.1 Å². The van der Waals surface area contributed by atoms with Crippen LogP contribution in [0.15, 0.2) is 47.4 Å². The molecule has 1 fully saturated rings. The fraction of sp³-hybridized carbons (Fsp3) is 0.364. The number of H-pyrrole nitrogens is 1. The number of aromatic nitrogens is 2. The van der Waals surface area contributed by atoms with Crippen molar-refractivity contribution < 1.29 is 17.6 Å². The van der Waals surface area contributed by atoms with E-state index < -0.39 is 32.7 Å². The van der Waals surface area contributed by atoms with Crippen molar-refractivity contribution in [3.8, 4) is 0 Å². The Balaban J connectivity index is 1.53. The molecule has 1 aliphatic rings. The molecule has 4 rings (SSSR count). The molecule has 2 aromatic carbocycles. The van der Waals surface area contributed by atoms with E-state index in [1.165, 1.54) is 24.6 Å². The first-order chi connectivity index (χ1) is 14.7. The molecule has 0 spiro atoms. The highest BCUT2D eigenvalue weighted by Gasteiger charge is 2.30. The smallest absolute Gasteiger partial charge is 0.244 e. The molecule has 31 heavy (non-hydrogen) atoms. The monoisotopic (exact) mass is 444 g/mol. The lowest BCUT2D eigenvalue weighted by Gasteiger charge is -2.22. The number of carbonyl (C=O) groups is 1. The molecular formula is C22H25FN4O3S. The van der Waals surface area contributed by atoms with Crippen LogP contribution in [0.4, 0.5) is 10.1 Å². The van der Waals surface area contributed by atoms with Crippen molar-refractivity contribution in [1.29, 1.82) is 0 Å². The Morgan fingerprint density at radius 1 is 1.19 bits per heavy atom. The molecule has 0 radical (unpaired) electrons. The highest BCUT2D eigenvalue weighted by atomic mass is 32.2. The van der Waals surface area contributed by atoms with E-state index in [2.05, 4.69) is 20.0 Å². The number of anilines is 1. The largest absolute Gasteiger partial charge is 0.342 e. The van der Waals surface area contributed by atoms with Crippen molar-refractivity contribution >= 4 is 32.7 Å². The summed E-state index contributed by atoms with van der Waals surface area (Å²) in [4.78, 5) is 20.3. The summed E-state index contributed by atoms with van der Waals surface area (Å²) in [6.07, 6.45) is 3.46. The first-order valence-corrected chi connectivity index (χ1v) is 11.8. The van der Waals surface area contributed by atoms with E-state index in [1.807, 2.05) is 6.07 Å². The lowest BCUT2D eigenvalue weighted by Crippen LogP contribution is -2.47. The number of halogens is 1. The normalized spacial score (nSPS) is 15.7. The number of fused-ring (bicyclic) bond motifs is 1. The number of benzene rings is 2. The van der Waals surface area contributed by atoms with Crippen LogP contribution in [0.1, 0.15) is 44.9 Å². The Bertz CT molecular complexity index is 1220. The zero-order valence-corrected chi connectivity index (χ0v) is 18.2. The average Bonchev–Trinajstić information content (AvgIpc) is 3.07. The summed E-state index contributed by atoms with van der Waals surface area (Å²) in [5, 5.41) is 2.76. The summed E-state index contributed by atoms with van der Waals surface area (Å²) in [6, 6.07) is 9.32. The Kier molecular flexibility index (Phi) is 5.81. The summed E-state index contributed by atoms with van der Waals surface area (Å²) >= 11 is 0. The van der Waals surface area contributed by atoms with Gasteiger partial charge in [0.05, 0.1) is 11.0 Å². The van der Waals surface area contributed by atoms with Crippen LogP contribution in [-0.2, 0) is 14.8 Å². The Labute approximate surface area is 180 Å². The van der Waals surface area contributed by atoms with Gasteiger partial charge in [-0.25, -0.2) is 17.8 Å². The van der Waals surface area contributed by atoms with E-state index in [1.54, 1.807) is 26.0 Å². The second kappa shape index (κ2) is 8.39. The zero-order chi connectivity index (χ0) is 22.2. The predicted molar refractivity (Wildman–Crippen MR) is 117 cm³/mol. The highest BCUT2D eigenvalue weighted by molar-refractivity contribution is 7.89. The van der Waals surface area contributed by atoms with Gasteiger partial charge in [-0.05, 0) is 49.1 Å². The number of amides is 1. The number of aromatic amines is 1. The lowest BCUT2D eigenvalue weighted by atomic mass is 9.85. The molecule has 0 unspecified atom stereocenters. The molecule has 3 N–H and O–H groups in total. The minimum absolute atomic E-state index is 0.359. The second-order valence-corrected chi connectivity index (χ2v) is 9.93. The van der Waals surface area contributed by atoms with Gasteiger partial charge in [0.2, 0.25) is 15.9 Å². The second-order valence-electron chi connectivity index (χ2n) is 8.24. The molecule has 164 valence electrons. The van der Waals surface area contributed by atoms with Crippen LogP contribution in [-0.4, -0.2) is 30.3 Å². The van der Waals surface area contributed by atoms with Gasteiger partial charge in [0.25, 0.3) is 0 Å². The molecule has 1 aliphatic carbocycles. The number of imidazole rings is 1. The average molecular weight is 445 g/mol. The fourth-order valence-corrected chi connectivity index (χ4v) is 5.01. The van der Waals surface area contributed by atoms with Gasteiger partial charge in [0.15, 0.2) is 0 Å². The van der Waals surface area contributed by atoms with Crippen LogP contribution >= 0.6 is 0 Å². The van der Waals surface area contributed by atoms with E-state index in [-0.39, 0.29) is 5.92 Å².